The van der Waals surface area contributed by atoms with Crippen molar-refractivity contribution in [3.63, 3.8) is 0 Å². The SMILES string of the molecule is CCOC(=O)C1=NN(c2cc(C(F)(F)F)cc(C(F)(F)F)c2)C(C(=O)OCC)=NN1c1cc(C(F)(F)F)cc(C(F)(F)F)c1. The average Bonchev–Trinajstić information content (AvgIpc) is 2.90. The van der Waals surface area contributed by atoms with E-state index < -0.39 is 95.2 Å². The Hall–Kier alpha value is -4.52. The number of nitrogens with zero attached hydrogens (tertiary/aromatic N) is 4. The van der Waals surface area contributed by atoms with Crippen LogP contribution in [0, 0.1) is 0 Å². The van der Waals surface area contributed by atoms with Crippen LogP contribution in [0.25, 0.3) is 0 Å². The minimum atomic E-state index is -5.40. The van der Waals surface area contributed by atoms with Gasteiger partial charge in [-0.3, -0.25) is 0 Å². The quantitative estimate of drug-likeness (QED) is 0.251. The maximum Gasteiger partial charge on any atom is 0.416 e. The van der Waals surface area contributed by atoms with Gasteiger partial charge in [-0.2, -0.15) is 52.7 Å². The number of alkyl halides is 12. The smallest absolute Gasteiger partial charge is 0.416 e. The Labute approximate surface area is 238 Å². The molecule has 0 radical (unpaired) electrons. The van der Waals surface area contributed by atoms with Crippen LogP contribution in [0.5, 0.6) is 0 Å². The molecule has 0 saturated heterocycles. The summed E-state index contributed by atoms with van der Waals surface area (Å²) < 4.78 is 172. The van der Waals surface area contributed by atoms with Crippen LogP contribution in [0.4, 0.5) is 64.1 Å². The lowest BCUT2D eigenvalue weighted by atomic mass is 10.1. The number of halogens is 12. The van der Waals surface area contributed by atoms with E-state index in [1.54, 1.807) is 0 Å². The van der Waals surface area contributed by atoms with E-state index in [4.69, 9.17) is 0 Å². The molecule has 0 fully saturated rings. The molecule has 1 aliphatic heterocycles. The zero-order valence-corrected chi connectivity index (χ0v) is 21.8. The van der Waals surface area contributed by atoms with E-state index in [1.165, 1.54) is 13.8 Å². The summed E-state index contributed by atoms with van der Waals surface area (Å²) in [4.78, 5) is 25.5. The fourth-order valence-electron chi connectivity index (χ4n) is 3.50. The van der Waals surface area contributed by atoms with Crippen molar-refractivity contribution < 1.29 is 71.7 Å². The minimum Gasteiger partial charge on any atom is -0.460 e. The van der Waals surface area contributed by atoms with Crippen LogP contribution in [0.15, 0.2) is 46.6 Å². The highest BCUT2D eigenvalue weighted by Gasteiger charge is 2.42. The number of anilines is 2. The van der Waals surface area contributed by atoms with Gasteiger partial charge in [-0.15, -0.1) is 10.2 Å². The van der Waals surface area contributed by atoms with Gasteiger partial charge in [-0.1, -0.05) is 0 Å². The van der Waals surface area contributed by atoms with Gasteiger partial charge in [-0.05, 0) is 50.2 Å². The first-order valence-corrected chi connectivity index (χ1v) is 11.8. The summed E-state index contributed by atoms with van der Waals surface area (Å²) in [6.07, 6.45) is -21.6. The van der Waals surface area contributed by atoms with Gasteiger partial charge >= 0.3 is 36.6 Å². The van der Waals surface area contributed by atoms with Crippen LogP contribution in [0.3, 0.4) is 0 Å². The highest BCUT2D eigenvalue weighted by Crippen LogP contribution is 2.41. The Morgan fingerprint density at radius 1 is 0.545 bits per heavy atom. The van der Waals surface area contributed by atoms with Crippen LogP contribution in [0.2, 0.25) is 0 Å². The standard InChI is InChI=1S/C24H16F12N4O4/c1-3-43-19(41)17-37-40(16-9-13(23(31,32)33)6-14(10-16)24(34,35)36)18(20(42)44-4-2)38-39(17)15-7-11(21(25,26)27)5-12(8-15)22(28,29)30/h5-10H,3-4H2,1-2H3. The topological polar surface area (TPSA) is 83.8 Å². The van der Waals surface area contributed by atoms with E-state index in [2.05, 4.69) is 19.7 Å². The van der Waals surface area contributed by atoms with E-state index in [-0.39, 0.29) is 46.4 Å². The van der Waals surface area contributed by atoms with Crippen molar-refractivity contribution in [2.75, 3.05) is 23.2 Å². The van der Waals surface area contributed by atoms with Gasteiger partial charge in [0, 0.05) is 0 Å². The maximum absolute atomic E-state index is 13.5. The van der Waals surface area contributed by atoms with Crippen LogP contribution in [-0.4, -0.2) is 36.8 Å². The molecule has 0 aromatic heterocycles. The van der Waals surface area contributed by atoms with Crippen molar-refractivity contribution in [1.29, 1.82) is 0 Å². The zero-order chi connectivity index (χ0) is 33.4. The van der Waals surface area contributed by atoms with E-state index in [0.717, 1.165) is 0 Å². The Morgan fingerprint density at radius 2 is 0.795 bits per heavy atom. The fraction of sp³-hybridized carbons (Fsp3) is 0.333. The van der Waals surface area contributed by atoms with E-state index in [9.17, 15) is 62.3 Å². The summed E-state index contributed by atoms with van der Waals surface area (Å²) in [7, 11) is 0. The van der Waals surface area contributed by atoms with Gasteiger partial charge in [0.1, 0.15) is 0 Å². The van der Waals surface area contributed by atoms with E-state index in [1.807, 2.05) is 0 Å². The molecular weight excluding hydrogens is 636 g/mol. The molecule has 0 saturated carbocycles. The Balaban J connectivity index is 2.41. The highest BCUT2D eigenvalue weighted by atomic mass is 19.4. The third-order valence-corrected chi connectivity index (χ3v) is 5.34. The molecule has 0 N–H and O–H groups in total. The summed E-state index contributed by atoms with van der Waals surface area (Å²) >= 11 is 0. The second kappa shape index (κ2) is 11.9. The van der Waals surface area contributed by atoms with Crippen LogP contribution >= 0.6 is 0 Å². The number of benzene rings is 2. The van der Waals surface area contributed by atoms with Gasteiger partial charge < -0.3 is 9.47 Å². The van der Waals surface area contributed by atoms with Gasteiger partial charge in [0.25, 0.3) is 11.7 Å². The lowest BCUT2D eigenvalue weighted by molar-refractivity contribution is -0.144. The fourth-order valence-corrected chi connectivity index (χ4v) is 3.50. The molecule has 8 nitrogen and oxygen atoms in total. The van der Waals surface area contributed by atoms with Gasteiger partial charge in [0.2, 0.25) is 0 Å². The largest absolute Gasteiger partial charge is 0.460 e. The predicted octanol–water partition coefficient (Wildman–Crippen LogP) is 6.84. The number of rotatable bonds is 6. The second-order valence-electron chi connectivity index (χ2n) is 8.44. The molecule has 0 aliphatic carbocycles. The first-order chi connectivity index (χ1) is 20.1. The molecule has 44 heavy (non-hydrogen) atoms. The molecule has 2 aromatic rings. The Bertz CT molecular complexity index is 1320. The molecule has 0 unspecified atom stereocenters. The molecule has 0 spiro atoms. The first-order valence-electron chi connectivity index (χ1n) is 11.8. The molecule has 1 aliphatic rings. The van der Waals surface area contributed by atoms with Crippen molar-refractivity contribution >= 4 is 35.0 Å². The number of hydrogen-bond donors (Lipinski definition) is 0. The third-order valence-electron chi connectivity index (χ3n) is 5.34. The molecular formula is C24H16F12N4O4. The van der Waals surface area contributed by atoms with Crippen molar-refractivity contribution in [3.8, 4) is 0 Å². The number of esters is 2. The Kier molecular flexibility index (Phi) is 9.17. The number of carbonyl (C=O) groups is 2. The lowest BCUT2D eigenvalue weighted by Gasteiger charge is -2.31. The molecule has 2 aromatic carbocycles. The summed E-state index contributed by atoms with van der Waals surface area (Å²) in [6, 6.07) is -0.289. The van der Waals surface area contributed by atoms with Crippen molar-refractivity contribution in [2.45, 2.75) is 38.6 Å². The zero-order valence-electron chi connectivity index (χ0n) is 21.8. The molecule has 20 heteroatoms. The predicted molar refractivity (Wildman–Crippen MR) is 126 cm³/mol. The van der Waals surface area contributed by atoms with Crippen molar-refractivity contribution in [3.05, 3.63) is 58.7 Å². The maximum atomic E-state index is 13.5. The van der Waals surface area contributed by atoms with Crippen LogP contribution in [-0.2, 0) is 43.8 Å². The van der Waals surface area contributed by atoms with Gasteiger partial charge in [-0.25, -0.2) is 19.6 Å². The van der Waals surface area contributed by atoms with Crippen molar-refractivity contribution in [2.24, 2.45) is 10.2 Å². The van der Waals surface area contributed by atoms with E-state index in [0.29, 0.717) is 0 Å². The molecule has 0 atom stereocenters. The van der Waals surface area contributed by atoms with Crippen molar-refractivity contribution in [1.82, 2.24) is 0 Å². The van der Waals surface area contributed by atoms with E-state index >= 15 is 0 Å². The molecule has 0 bridgehead atoms. The third kappa shape index (κ3) is 7.51. The van der Waals surface area contributed by atoms with Crippen LogP contribution < -0.4 is 10.0 Å². The summed E-state index contributed by atoms with van der Waals surface area (Å²) in [6.45, 7) is 1.40. The highest BCUT2D eigenvalue weighted by molar-refractivity contribution is 6.47. The molecule has 0 amide bonds. The lowest BCUT2D eigenvalue weighted by Crippen LogP contribution is -2.47. The normalized spacial score (nSPS) is 14.7. The number of hydrogen-bond acceptors (Lipinski definition) is 8. The molecule has 1 heterocycles. The average molecular weight is 652 g/mol. The number of hydrazone groups is 2. The monoisotopic (exact) mass is 652 g/mol. The Morgan fingerprint density at radius 3 is 1.00 bits per heavy atom. The first kappa shape index (κ1) is 34.0. The minimum absolute atomic E-state index is 0.0243. The molecule has 3 rings (SSSR count). The summed E-state index contributed by atoms with van der Waals surface area (Å²) in [5.41, 5.74) is -10.0. The second-order valence-corrected chi connectivity index (χ2v) is 8.44. The summed E-state index contributed by atoms with van der Waals surface area (Å²) in [5.74, 6) is -6.01. The number of carbonyl (C=O) groups excluding carboxylic acids is 2. The number of ether oxygens (including phenoxy) is 2. The van der Waals surface area contributed by atoms with Crippen LogP contribution in [0.1, 0.15) is 36.1 Å². The summed E-state index contributed by atoms with van der Waals surface area (Å²) in [5, 5.41) is 6.98. The number of amidine groups is 2. The molecule has 240 valence electrons. The van der Waals surface area contributed by atoms with Gasteiger partial charge in [0.05, 0.1) is 46.8 Å². The van der Waals surface area contributed by atoms with Gasteiger partial charge in [0.15, 0.2) is 0 Å².